The second-order valence-electron chi connectivity index (χ2n) is 4.76. The Kier molecular flexibility index (Phi) is 6.28. The van der Waals surface area contributed by atoms with Gasteiger partial charge in [-0.05, 0) is 6.42 Å². The maximum absolute atomic E-state index is 9.60. The average molecular weight is 231 g/mol. The quantitative estimate of drug-likeness (QED) is 0.488. The molecule has 0 unspecified atom stereocenters. The van der Waals surface area contributed by atoms with Gasteiger partial charge >= 0.3 is 0 Å². The summed E-state index contributed by atoms with van der Waals surface area (Å²) in [5.41, 5.74) is 0. The Morgan fingerprint density at radius 3 is 2.06 bits per heavy atom. The molecule has 0 radical (unpaired) electrons. The summed E-state index contributed by atoms with van der Waals surface area (Å²) in [4.78, 5) is 0. The van der Waals surface area contributed by atoms with Crippen LogP contribution < -0.4 is 5.32 Å². The van der Waals surface area contributed by atoms with E-state index in [4.69, 9.17) is 0 Å². The fourth-order valence-electron chi connectivity index (χ4n) is 2.24. The van der Waals surface area contributed by atoms with E-state index in [1.54, 1.807) is 0 Å². The fourth-order valence-corrected chi connectivity index (χ4v) is 2.24. The zero-order valence-electron chi connectivity index (χ0n) is 10.1. The third kappa shape index (κ3) is 4.01. The second kappa shape index (κ2) is 7.22. The van der Waals surface area contributed by atoms with E-state index in [0.717, 1.165) is 19.3 Å². The van der Waals surface area contributed by atoms with E-state index < -0.39 is 18.4 Å². The molecule has 0 aromatic heterocycles. The molecule has 1 aliphatic rings. The molecule has 0 spiro atoms. The fraction of sp³-hybridized carbons (Fsp3) is 1.00. The van der Waals surface area contributed by atoms with Crippen molar-refractivity contribution in [1.82, 2.24) is 5.32 Å². The molecule has 1 rings (SSSR count). The average Bonchev–Trinajstić information content (AvgIpc) is 2.51. The first-order chi connectivity index (χ1) is 7.66. The lowest BCUT2D eigenvalue weighted by molar-refractivity contribution is -0.0241. The van der Waals surface area contributed by atoms with Crippen LogP contribution in [0.15, 0.2) is 0 Å². The van der Waals surface area contributed by atoms with E-state index in [0.29, 0.717) is 0 Å². The number of nitrogens with one attached hydrogen (secondary N) is 1. The Balaban J connectivity index is 2.05. The lowest BCUT2D eigenvalue weighted by Gasteiger charge is -2.14. The highest BCUT2D eigenvalue weighted by atomic mass is 16.4. The van der Waals surface area contributed by atoms with Crippen molar-refractivity contribution >= 4 is 0 Å². The zero-order chi connectivity index (χ0) is 12.0. The van der Waals surface area contributed by atoms with Crippen LogP contribution in [0.2, 0.25) is 0 Å². The highest BCUT2D eigenvalue weighted by molar-refractivity contribution is 4.92. The first-order valence-electron chi connectivity index (χ1n) is 6.47. The Labute approximate surface area is 97.7 Å². The number of aliphatic hydroxyl groups excluding tert-OH is 3. The van der Waals surface area contributed by atoms with Gasteiger partial charge in [0.2, 0.25) is 0 Å². The molecule has 0 saturated carbocycles. The molecular formula is C12H25NO3. The normalized spacial score (nSPS) is 34.5. The molecular weight excluding hydrogens is 206 g/mol. The van der Waals surface area contributed by atoms with Crippen LogP contribution in [0, 0.1) is 0 Å². The lowest BCUT2D eigenvalue weighted by Crippen LogP contribution is -2.32. The molecule has 16 heavy (non-hydrogen) atoms. The summed E-state index contributed by atoms with van der Waals surface area (Å²) in [5, 5.41) is 31.0. The standard InChI is InChI=1S/C12H25NO3/c1-2-3-4-5-6-7-8-9-10(14)11(15)12(16)13-9/h9-16H,2-8H2,1H3/t9-,10-,11+,12-/m0/s1. The molecule has 96 valence electrons. The van der Waals surface area contributed by atoms with Crippen molar-refractivity contribution in [2.45, 2.75) is 76.3 Å². The van der Waals surface area contributed by atoms with Crippen molar-refractivity contribution in [1.29, 1.82) is 0 Å². The molecule has 1 fully saturated rings. The predicted molar refractivity (Wildman–Crippen MR) is 62.9 cm³/mol. The highest BCUT2D eigenvalue weighted by Crippen LogP contribution is 2.18. The van der Waals surface area contributed by atoms with Gasteiger partial charge in [0, 0.05) is 6.04 Å². The molecule has 0 amide bonds. The molecule has 4 nitrogen and oxygen atoms in total. The van der Waals surface area contributed by atoms with Crippen molar-refractivity contribution in [2.75, 3.05) is 0 Å². The van der Waals surface area contributed by atoms with Crippen LogP contribution in [0.25, 0.3) is 0 Å². The number of rotatable bonds is 7. The van der Waals surface area contributed by atoms with Crippen LogP contribution in [0.3, 0.4) is 0 Å². The number of hydrogen-bond acceptors (Lipinski definition) is 4. The van der Waals surface area contributed by atoms with Gasteiger partial charge < -0.3 is 15.3 Å². The van der Waals surface area contributed by atoms with Gasteiger partial charge in [-0.3, -0.25) is 5.32 Å². The molecule has 4 heteroatoms. The van der Waals surface area contributed by atoms with E-state index in [9.17, 15) is 15.3 Å². The summed E-state index contributed by atoms with van der Waals surface area (Å²) in [6.45, 7) is 2.20. The van der Waals surface area contributed by atoms with Gasteiger partial charge in [-0.25, -0.2) is 0 Å². The minimum atomic E-state index is -1.04. The van der Waals surface area contributed by atoms with Gasteiger partial charge in [-0.1, -0.05) is 45.4 Å². The summed E-state index contributed by atoms with van der Waals surface area (Å²) in [7, 11) is 0. The summed E-state index contributed by atoms with van der Waals surface area (Å²) >= 11 is 0. The van der Waals surface area contributed by atoms with Gasteiger partial charge in [0.15, 0.2) is 0 Å². The van der Waals surface area contributed by atoms with Crippen molar-refractivity contribution in [3.63, 3.8) is 0 Å². The topological polar surface area (TPSA) is 72.7 Å². The minimum absolute atomic E-state index is 0.156. The lowest BCUT2D eigenvalue weighted by atomic mass is 10.0. The third-order valence-electron chi connectivity index (χ3n) is 3.34. The van der Waals surface area contributed by atoms with Crippen LogP contribution in [0.1, 0.15) is 51.9 Å². The Hall–Kier alpha value is -0.160. The van der Waals surface area contributed by atoms with E-state index in [1.165, 1.54) is 25.7 Å². The van der Waals surface area contributed by atoms with Gasteiger partial charge in [0.1, 0.15) is 12.3 Å². The zero-order valence-corrected chi connectivity index (χ0v) is 10.1. The highest BCUT2D eigenvalue weighted by Gasteiger charge is 2.39. The summed E-state index contributed by atoms with van der Waals surface area (Å²) in [6, 6.07) is -0.156. The van der Waals surface area contributed by atoms with Crippen LogP contribution >= 0.6 is 0 Å². The second-order valence-corrected chi connectivity index (χ2v) is 4.76. The largest absolute Gasteiger partial charge is 0.389 e. The predicted octanol–water partition coefficient (Wildman–Crippen LogP) is 0.749. The number of hydrogen-bond donors (Lipinski definition) is 4. The van der Waals surface area contributed by atoms with E-state index in [2.05, 4.69) is 12.2 Å². The van der Waals surface area contributed by atoms with Crippen LogP contribution in [0.4, 0.5) is 0 Å². The first kappa shape index (κ1) is 13.9. The maximum atomic E-state index is 9.60. The SMILES string of the molecule is CCCCCCCC[C@@H]1N[C@@H](O)[C@H](O)[C@H]1O. The van der Waals surface area contributed by atoms with Gasteiger partial charge in [0.05, 0.1) is 6.10 Å². The Bertz CT molecular complexity index is 189. The summed E-state index contributed by atoms with van der Waals surface area (Å²) in [6.07, 6.45) is 5.25. The Morgan fingerprint density at radius 2 is 1.50 bits per heavy atom. The summed E-state index contributed by atoms with van der Waals surface area (Å²) in [5.74, 6) is 0. The van der Waals surface area contributed by atoms with E-state index in [-0.39, 0.29) is 6.04 Å². The van der Waals surface area contributed by atoms with Gasteiger partial charge in [0.25, 0.3) is 0 Å². The van der Waals surface area contributed by atoms with Crippen LogP contribution in [-0.4, -0.2) is 39.8 Å². The van der Waals surface area contributed by atoms with E-state index in [1.807, 2.05) is 0 Å². The third-order valence-corrected chi connectivity index (χ3v) is 3.34. The molecule has 4 atom stereocenters. The molecule has 1 aliphatic heterocycles. The van der Waals surface area contributed by atoms with Crippen molar-refractivity contribution in [2.24, 2.45) is 0 Å². The van der Waals surface area contributed by atoms with Crippen molar-refractivity contribution in [3.05, 3.63) is 0 Å². The molecule has 0 aromatic rings. The number of unbranched alkanes of at least 4 members (excludes halogenated alkanes) is 5. The minimum Gasteiger partial charge on any atom is -0.389 e. The van der Waals surface area contributed by atoms with Crippen molar-refractivity contribution < 1.29 is 15.3 Å². The molecule has 1 heterocycles. The molecule has 1 saturated heterocycles. The Morgan fingerprint density at radius 1 is 0.875 bits per heavy atom. The molecule has 0 bridgehead atoms. The summed E-state index contributed by atoms with van der Waals surface area (Å²) < 4.78 is 0. The van der Waals surface area contributed by atoms with Gasteiger partial charge in [-0.2, -0.15) is 0 Å². The van der Waals surface area contributed by atoms with E-state index >= 15 is 0 Å². The van der Waals surface area contributed by atoms with Gasteiger partial charge in [-0.15, -0.1) is 0 Å². The molecule has 4 N–H and O–H groups in total. The van der Waals surface area contributed by atoms with Crippen LogP contribution in [-0.2, 0) is 0 Å². The smallest absolute Gasteiger partial charge is 0.134 e. The molecule has 0 aromatic carbocycles. The maximum Gasteiger partial charge on any atom is 0.134 e. The monoisotopic (exact) mass is 231 g/mol. The number of aliphatic hydroxyl groups is 3. The van der Waals surface area contributed by atoms with Crippen molar-refractivity contribution in [3.8, 4) is 0 Å². The van der Waals surface area contributed by atoms with Crippen LogP contribution in [0.5, 0.6) is 0 Å². The molecule has 0 aliphatic carbocycles. The first-order valence-corrected chi connectivity index (χ1v) is 6.47.